The van der Waals surface area contributed by atoms with Crippen molar-refractivity contribution < 1.29 is 25.8 Å². The molecule has 4 heterocycles. The van der Waals surface area contributed by atoms with Gasteiger partial charge in [-0.3, -0.25) is 4.99 Å². The van der Waals surface area contributed by atoms with Crippen LogP contribution in [0, 0.1) is 39.8 Å². The number of hydrogen-bond acceptors (Lipinski definition) is 3. The maximum atomic E-state index is 6.93. The number of aryl methyl sites for hydroxylation is 4. The SMILES string of the molecule is Cc1ccc2c(c1)C(C)(C)C[C@@H]1OC(c3[c-]c(-n4c5[c-]c(-n6c7ccc(C(C)C)cc7c7cccnc76)ccc5c5cc(C)ccc54)c(C)cc3C)=N[C@]21C.[Pt+2]. The van der Waals surface area contributed by atoms with E-state index < -0.39 is 5.54 Å². The number of ether oxygens (including phenoxy) is 1. The molecule has 1 aliphatic heterocycles. The van der Waals surface area contributed by atoms with Crippen molar-refractivity contribution in [2.45, 2.75) is 91.7 Å². The minimum atomic E-state index is -0.474. The molecular weight excluding hydrogens is 868 g/mol. The Morgan fingerprint density at radius 1 is 0.732 bits per heavy atom. The third kappa shape index (κ3) is 5.30. The number of hydrogen-bond donors (Lipinski definition) is 0. The van der Waals surface area contributed by atoms with Crippen molar-refractivity contribution in [2.75, 3.05) is 0 Å². The molecular formula is C50H46N4OPt. The molecule has 0 saturated heterocycles. The summed E-state index contributed by atoms with van der Waals surface area (Å²) in [6.45, 7) is 20.1. The van der Waals surface area contributed by atoms with Crippen LogP contribution in [-0.2, 0) is 36.8 Å². The Morgan fingerprint density at radius 2 is 1.46 bits per heavy atom. The second-order valence-corrected chi connectivity index (χ2v) is 17.3. The molecule has 0 bridgehead atoms. The van der Waals surface area contributed by atoms with Crippen LogP contribution in [0.3, 0.4) is 0 Å². The second-order valence-electron chi connectivity index (χ2n) is 17.3. The van der Waals surface area contributed by atoms with Crippen LogP contribution < -0.4 is 0 Å². The van der Waals surface area contributed by atoms with Crippen LogP contribution in [0.15, 0.2) is 96.1 Å². The molecule has 2 atom stereocenters. The van der Waals surface area contributed by atoms with Crippen molar-refractivity contribution in [1.29, 1.82) is 0 Å². The van der Waals surface area contributed by atoms with E-state index in [4.69, 9.17) is 14.7 Å². The average molecular weight is 914 g/mol. The van der Waals surface area contributed by atoms with Crippen LogP contribution in [0.2, 0.25) is 0 Å². The van der Waals surface area contributed by atoms with Gasteiger partial charge in [-0.1, -0.05) is 106 Å². The number of pyridine rings is 1. The van der Waals surface area contributed by atoms with Gasteiger partial charge in [0, 0.05) is 22.5 Å². The van der Waals surface area contributed by atoms with Crippen molar-refractivity contribution >= 4 is 49.6 Å². The zero-order chi connectivity index (χ0) is 38.1. The molecule has 3 aromatic heterocycles. The third-order valence-electron chi connectivity index (χ3n) is 12.5. The van der Waals surface area contributed by atoms with Gasteiger partial charge in [0.05, 0.1) is 5.52 Å². The fraction of sp³-hybridized carbons (Fsp3) is 0.280. The zero-order valence-corrected chi connectivity index (χ0v) is 35.8. The fourth-order valence-corrected chi connectivity index (χ4v) is 9.49. The van der Waals surface area contributed by atoms with E-state index in [2.05, 4.69) is 162 Å². The van der Waals surface area contributed by atoms with Gasteiger partial charge < -0.3 is 13.9 Å². The molecule has 0 saturated carbocycles. The van der Waals surface area contributed by atoms with E-state index in [1.807, 2.05) is 12.3 Å². The molecule has 282 valence electrons. The summed E-state index contributed by atoms with van der Waals surface area (Å²) in [4.78, 5) is 10.4. The first kappa shape index (κ1) is 36.6. The van der Waals surface area contributed by atoms with Gasteiger partial charge in [-0.05, 0) is 96.6 Å². The molecule has 2 aliphatic rings. The summed E-state index contributed by atoms with van der Waals surface area (Å²) in [5.74, 6) is 1.11. The van der Waals surface area contributed by atoms with Gasteiger partial charge in [-0.15, -0.1) is 40.8 Å². The van der Waals surface area contributed by atoms with E-state index >= 15 is 0 Å². The van der Waals surface area contributed by atoms with Crippen molar-refractivity contribution in [2.24, 2.45) is 4.99 Å². The van der Waals surface area contributed by atoms with E-state index in [1.54, 1.807) is 0 Å². The van der Waals surface area contributed by atoms with Crippen molar-refractivity contribution in [3.63, 3.8) is 0 Å². The molecule has 0 N–H and O–H groups in total. The number of aliphatic imine (C=N–C) groups is 1. The fourth-order valence-electron chi connectivity index (χ4n) is 9.49. The maximum Gasteiger partial charge on any atom is 2.00 e. The summed E-state index contributed by atoms with van der Waals surface area (Å²) in [7, 11) is 0. The monoisotopic (exact) mass is 913 g/mol. The summed E-state index contributed by atoms with van der Waals surface area (Å²) in [6.07, 6.45) is 2.72. The Kier molecular flexibility index (Phi) is 8.35. The summed E-state index contributed by atoms with van der Waals surface area (Å²) >= 11 is 0. The minimum Gasteiger partial charge on any atom is -0.514 e. The van der Waals surface area contributed by atoms with Crippen LogP contribution in [0.5, 0.6) is 0 Å². The molecule has 5 aromatic carbocycles. The topological polar surface area (TPSA) is 44.3 Å². The third-order valence-corrected chi connectivity index (χ3v) is 12.5. The van der Waals surface area contributed by atoms with Crippen LogP contribution in [0.25, 0.3) is 55.1 Å². The van der Waals surface area contributed by atoms with Crippen LogP contribution in [0.4, 0.5) is 0 Å². The molecule has 10 rings (SSSR count). The van der Waals surface area contributed by atoms with Gasteiger partial charge in [0.2, 0.25) is 0 Å². The smallest absolute Gasteiger partial charge is 0.514 e. The van der Waals surface area contributed by atoms with Crippen molar-refractivity contribution in [3.05, 3.63) is 148 Å². The number of rotatable bonds is 4. The Morgan fingerprint density at radius 3 is 2.27 bits per heavy atom. The Bertz CT molecular complexity index is 2960. The molecule has 0 fully saturated rings. The van der Waals surface area contributed by atoms with Crippen LogP contribution in [0.1, 0.15) is 91.5 Å². The Labute approximate surface area is 343 Å². The first-order valence-electron chi connectivity index (χ1n) is 19.6. The largest absolute Gasteiger partial charge is 2.00 e. The molecule has 6 heteroatoms. The first-order valence-corrected chi connectivity index (χ1v) is 19.6. The summed E-state index contributed by atoms with van der Waals surface area (Å²) < 4.78 is 11.5. The maximum absolute atomic E-state index is 6.93. The molecule has 0 unspecified atom stereocenters. The predicted molar refractivity (Wildman–Crippen MR) is 226 cm³/mol. The molecule has 56 heavy (non-hydrogen) atoms. The minimum absolute atomic E-state index is 0. The van der Waals surface area contributed by atoms with Gasteiger partial charge in [0.15, 0.2) is 0 Å². The van der Waals surface area contributed by atoms with Crippen molar-refractivity contribution in [1.82, 2.24) is 14.1 Å². The van der Waals surface area contributed by atoms with Gasteiger partial charge >= 0.3 is 21.1 Å². The van der Waals surface area contributed by atoms with E-state index in [0.29, 0.717) is 11.8 Å². The summed E-state index contributed by atoms with van der Waals surface area (Å²) in [6, 6.07) is 39.1. The van der Waals surface area contributed by atoms with E-state index in [9.17, 15) is 0 Å². The first-order chi connectivity index (χ1) is 26.3. The normalized spacial score (nSPS) is 18.7. The Hall–Kier alpha value is -4.99. The van der Waals surface area contributed by atoms with E-state index in [1.165, 1.54) is 38.6 Å². The number of aromatic nitrogens is 3. The molecule has 8 aromatic rings. The van der Waals surface area contributed by atoms with Crippen molar-refractivity contribution in [3.8, 4) is 11.4 Å². The van der Waals surface area contributed by atoms with E-state index in [0.717, 1.165) is 67.5 Å². The molecule has 1 aliphatic carbocycles. The van der Waals surface area contributed by atoms with Gasteiger partial charge in [-0.2, -0.15) is 6.07 Å². The quantitative estimate of drug-likeness (QED) is 0.165. The molecule has 0 spiro atoms. The summed E-state index contributed by atoms with van der Waals surface area (Å²) in [5.41, 5.74) is 15.2. The molecule has 0 amide bonds. The van der Waals surface area contributed by atoms with Gasteiger partial charge in [-0.25, -0.2) is 4.98 Å². The van der Waals surface area contributed by atoms with Crippen LogP contribution >= 0.6 is 0 Å². The van der Waals surface area contributed by atoms with Gasteiger partial charge in [0.1, 0.15) is 23.2 Å². The van der Waals surface area contributed by atoms with Crippen LogP contribution in [-0.4, -0.2) is 26.1 Å². The second kappa shape index (κ2) is 12.8. The van der Waals surface area contributed by atoms with Gasteiger partial charge in [0.25, 0.3) is 0 Å². The number of fused-ring (bicyclic) bond motifs is 9. The number of benzene rings is 5. The summed E-state index contributed by atoms with van der Waals surface area (Å²) in [5, 5.41) is 4.69. The molecule has 0 radical (unpaired) electrons. The predicted octanol–water partition coefficient (Wildman–Crippen LogP) is 12.0. The standard InChI is InChI=1S/C50H46N4O.Pt/c1-28(2)33-14-19-42-39(24-33)36-11-10-20-51-47(36)53(42)34-15-16-35-38-21-29(3)13-18-43(38)54(45(35)25-34)44-26-37(31(5)23-32(44)6)48-52-50(9)40-17-12-30(4)22-41(40)49(7,8)27-46(50)55-48;/h10-24,28,46H,27H2,1-9H3;/q-2;+2/t46-,50+;/m0./s1. The van der Waals surface area contributed by atoms with E-state index in [-0.39, 0.29) is 32.6 Å². The average Bonchev–Trinajstić information content (AvgIpc) is 3.78. The number of nitrogens with zero attached hydrogens (tertiary/aromatic N) is 4. The Balaban J connectivity index is 0.00000410. The molecule has 5 nitrogen and oxygen atoms in total. The zero-order valence-electron chi connectivity index (χ0n) is 33.5.